The smallest absolute Gasteiger partial charge is 0.410 e. The molecule has 0 radical (unpaired) electrons. The summed E-state index contributed by atoms with van der Waals surface area (Å²) in [6, 6.07) is -2.90. The lowest BCUT2D eigenvalue weighted by atomic mass is 10.1. The normalized spacial score (nSPS) is 21.9. The average Bonchev–Trinajstić information content (AvgIpc) is 3.27. The molecule has 2 heterocycles. The molecule has 12 heteroatoms. The van der Waals surface area contributed by atoms with Crippen molar-refractivity contribution in [3.05, 3.63) is 0 Å². The highest BCUT2D eigenvalue weighted by Gasteiger charge is 2.43. The van der Waals surface area contributed by atoms with Gasteiger partial charge in [0, 0.05) is 6.54 Å². The predicted octanol–water partition coefficient (Wildman–Crippen LogP) is -0.693. The first-order valence-electron chi connectivity index (χ1n) is 10.4. The SMILES string of the molecule is COC(=O)[C@H](C)NC(=O)CN1C(=O)C[C@H](NC(=O)[C@@H]2CCCN2C(=O)OC(C)(C)C)C1=O. The Morgan fingerprint density at radius 3 is 2.44 bits per heavy atom. The summed E-state index contributed by atoms with van der Waals surface area (Å²) in [5, 5.41) is 4.84. The number of esters is 1. The standard InChI is InChI=1S/C20H30N4O8/c1-11(18(29)31-5)21-14(25)10-24-15(26)9-12(17(24)28)22-16(27)13-7-6-8-23(13)19(30)32-20(2,3)4/h11-13H,6-10H2,1-5H3,(H,21,25)(H,22,27)/t11-,12-,13-/m0/s1. The molecule has 2 aliphatic heterocycles. The number of hydrogen-bond donors (Lipinski definition) is 2. The molecule has 2 fully saturated rings. The summed E-state index contributed by atoms with van der Waals surface area (Å²) in [6.07, 6.45) is 0.0719. The molecule has 0 aromatic rings. The van der Waals surface area contributed by atoms with Crippen molar-refractivity contribution in [3.8, 4) is 0 Å². The van der Waals surface area contributed by atoms with Gasteiger partial charge in [-0.2, -0.15) is 0 Å². The zero-order valence-electron chi connectivity index (χ0n) is 18.9. The minimum atomic E-state index is -1.14. The molecule has 3 atom stereocenters. The summed E-state index contributed by atoms with van der Waals surface area (Å²) in [5.41, 5.74) is -0.721. The lowest BCUT2D eigenvalue weighted by Crippen LogP contribution is -2.52. The molecule has 12 nitrogen and oxygen atoms in total. The topological polar surface area (TPSA) is 151 Å². The Labute approximate surface area is 185 Å². The number of carbonyl (C=O) groups excluding carboxylic acids is 6. The molecular weight excluding hydrogens is 424 g/mol. The molecule has 2 rings (SSSR count). The second kappa shape index (κ2) is 9.96. The number of ether oxygens (including phenoxy) is 2. The summed E-state index contributed by atoms with van der Waals surface area (Å²) in [5.74, 6) is -3.31. The maximum absolute atomic E-state index is 12.7. The van der Waals surface area contributed by atoms with E-state index in [1.807, 2.05) is 0 Å². The fourth-order valence-electron chi connectivity index (χ4n) is 3.47. The Kier molecular flexibility index (Phi) is 7.81. The summed E-state index contributed by atoms with van der Waals surface area (Å²) >= 11 is 0. The number of imide groups is 1. The van der Waals surface area contributed by atoms with Gasteiger partial charge in [-0.1, -0.05) is 0 Å². The second-order valence-electron chi connectivity index (χ2n) is 8.73. The Hall–Kier alpha value is -3.18. The van der Waals surface area contributed by atoms with Crippen molar-refractivity contribution in [1.82, 2.24) is 20.4 Å². The van der Waals surface area contributed by atoms with E-state index < -0.39 is 66.0 Å². The van der Waals surface area contributed by atoms with E-state index >= 15 is 0 Å². The first-order chi connectivity index (χ1) is 14.8. The van der Waals surface area contributed by atoms with Crippen LogP contribution in [-0.2, 0) is 33.4 Å². The maximum Gasteiger partial charge on any atom is 0.410 e. The number of hydrogen-bond acceptors (Lipinski definition) is 8. The van der Waals surface area contributed by atoms with E-state index in [1.54, 1.807) is 20.8 Å². The van der Waals surface area contributed by atoms with Crippen LogP contribution in [-0.4, -0.2) is 89.4 Å². The van der Waals surface area contributed by atoms with Gasteiger partial charge in [-0.3, -0.25) is 29.0 Å². The number of rotatable bonds is 6. The van der Waals surface area contributed by atoms with Crippen LogP contribution in [0.4, 0.5) is 4.79 Å². The average molecular weight is 454 g/mol. The van der Waals surface area contributed by atoms with E-state index in [-0.39, 0.29) is 6.42 Å². The van der Waals surface area contributed by atoms with E-state index in [0.717, 1.165) is 4.90 Å². The fourth-order valence-corrected chi connectivity index (χ4v) is 3.47. The second-order valence-corrected chi connectivity index (χ2v) is 8.73. The Morgan fingerprint density at radius 1 is 1.19 bits per heavy atom. The van der Waals surface area contributed by atoms with Crippen molar-refractivity contribution in [2.24, 2.45) is 0 Å². The Bertz CT molecular complexity index is 806. The van der Waals surface area contributed by atoms with Gasteiger partial charge in [0.25, 0.3) is 5.91 Å². The number of methoxy groups -OCH3 is 1. The lowest BCUT2D eigenvalue weighted by Gasteiger charge is -2.28. The van der Waals surface area contributed by atoms with Crippen LogP contribution >= 0.6 is 0 Å². The van der Waals surface area contributed by atoms with Crippen LogP contribution in [0.1, 0.15) is 47.0 Å². The van der Waals surface area contributed by atoms with Gasteiger partial charge in [0.1, 0.15) is 30.3 Å². The molecule has 0 spiro atoms. The van der Waals surface area contributed by atoms with Crippen LogP contribution in [0.3, 0.4) is 0 Å². The molecule has 0 aromatic carbocycles. The van der Waals surface area contributed by atoms with E-state index in [9.17, 15) is 28.8 Å². The van der Waals surface area contributed by atoms with Crippen molar-refractivity contribution in [3.63, 3.8) is 0 Å². The third kappa shape index (κ3) is 6.17. The van der Waals surface area contributed by atoms with Crippen LogP contribution in [0, 0.1) is 0 Å². The molecule has 0 saturated carbocycles. The quantitative estimate of drug-likeness (QED) is 0.395. The molecule has 178 valence electrons. The number of carbonyl (C=O) groups is 6. The van der Waals surface area contributed by atoms with Crippen LogP contribution in [0.15, 0.2) is 0 Å². The van der Waals surface area contributed by atoms with Crippen LogP contribution in [0.2, 0.25) is 0 Å². The van der Waals surface area contributed by atoms with Gasteiger partial charge in [0.05, 0.1) is 13.5 Å². The van der Waals surface area contributed by atoms with Gasteiger partial charge in [-0.25, -0.2) is 9.59 Å². The van der Waals surface area contributed by atoms with E-state index in [2.05, 4.69) is 15.4 Å². The van der Waals surface area contributed by atoms with E-state index in [4.69, 9.17) is 4.74 Å². The van der Waals surface area contributed by atoms with Crippen LogP contribution in [0.5, 0.6) is 0 Å². The maximum atomic E-state index is 12.7. The third-order valence-corrected chi connectivity index (χ3v) is 4.98. The van der Waals surface area contributed by atoms with Crippen molar-refractivity contribution in [2.75, 3.05) is 20.2 Å². The summed E-state index contributed by atoms with van der Waals surface area (Å²) < 4.78 is 9.83. The minimum absolute atomic E-state index is 0.302. The predicted molar refractivity (Wildman–Crippen MR) is 109 cm³/mol. The highest BCUT2D eigenvalue weighted by Crippen LogP contribution is 2.22. The largest absolute Gasteiger partial charge is 0.467 e. The molecule has 0 aliphatic carbocycles. The fraction of sp³-hybridized carbons (Fsp3) is 0.700. The van der Waals surface area contributed by atoms with Crippen LogP contribution in [0.25, 0.3) is 0 Å². The van der Waals surface area contributed by atoms with Gasteiger partial charge in [0.2, 0.25) is 17.7 Å². The number of amides is 5. The lowest BCUT2D eigenvalue weighted by molar-refractivity contribution is -0.146. The molecule has 2 aliphatic rings. The summed E-state index contributed by atoms with van der Waals surface area (Å²) in [7, 11) is 1.17. The third-order valence-electron chi connectivity index (χ3n) is 4.98. The van der Waals surface area contributed by atoms with Crippen molar-refractivity contribution in [2.45, 2.75) is 70.7 Å². The van der Waals surface area contributed by atoms with Gasteiger partial charge in [-0.05, 0) is 40.5 Å². The minimum Gasteiger partial charge on any atom is -0.467 e. The highest BCUT2D eigenvalue weighted by atomic mass is 16.6. The summed E-state index contributed by atoms with van der Waals surface area (Å²) in [6.45, 7) is 6.31. The molecular formula is C20H30N4O8. The van der Waals surface area contributed by atoms with Crippen molar-refractivity contribution in [1.29, 1.82) is 0 Å². The Balaban J connectivity index is 1.96. The van der Waals surface area contributed by atoms with E-state index in [0.29, 0.717) is 19.4 Å². The van der Waals surface area contributed by atoms with Crippen molar-refractivity contribution < 1.29 is 38.2 Å². The monoisotopic (exact) mass is 454 g/mol. The number of nitrogens with zero attached hydrogens (tertiary/aromatic N) is 2. The number of nitrogens with one attached hydrogen (secondary N) is 2. The van der Waals surface area contributed by atoms with Crippen molar-refractivity contribution >= 4 is 35.7 Å². The Morgan fingerprint density at radius 2 is 1.84 bits per heavy atom. The molecule has 2 saturated heterocycles. The number of likely N-dealkylation sites (tertiary alicyclic amines) is 2. The highest BCUT2D eigenvalue weighted by molar-refractivity contribution is 6.09. The van der Waals surface area contributed by atoms with Gasteiger partial charge >= 0.3 is 12.1 Å². The van der Waals surface area contributed by atoms with Crippen LogP contribution < -0.4 is 10.6 Å². The van der Waals surface area contributed by atoms with Gasteiger partial charge < -0.3 is 20.1 Å². The molecule has 0 aromatic heterocycles. The molecule has 5 amide bonds. The molecule has 0 bridgehead atoms. The molecule has 2 N–H and O–H groups in total. The zero-order chi connectivity index (χ0) is 24.2. The van der Waals surface area contributed by atoms with Gasteiger partial charge in [0.15, 0.2) is 0 Å². The summed E-state index contributed by atoms with van der Waals surface area (Å²) in [4.78, 5) is 75.5. The van der Waals surface area contributed by atoms with E-state index in [1.165, 1.54) is 18.9 Å². The molecule has 0 unspecified atom stereocenters. The molecule has 32 heavy (non-hydrogen) atoms. The first-order valence-corrected chi connectivity index (χ1v) is 10.4. The first kappa shape index (κ1) is 25.1. The zero-order valence-corrected chi connectivity index (χ0v) is 18.9. The van der Waals surface area contributed by atoms with Gasteiger partial charge in [-0.15, -0.1) is 0 Å².